The van der Waals surface area contributed by atoms with Crippen molar-refractivity contribution in [1.29, 1.82) is 0 Å². The maximum Gasteiger partial charge on any atom is 0.325 e. The summed E-state index contributed by atoms with van der Waals surface area (Å²) in [4.78, 5) is 13.9. The molecule has 0 aliphatic carbocycles. The summed E-state index contributed by atoms with van der Waals surface area (Å²) in [6.45, 7) is 9.62. The highest BCUT2D eigenvalue weighted by Gasteiger charge is 2.27. The minimum Gasteiger partial charge on any atom is -0.468 e. The molecule has 0 spiro atoms. The van der Waals surface area contributed by atoms with Gasteiger partial charge in [-0.3, -0.25) is 9.69 Å². The monoisotopic (exact) mass is 286 g/mol. The fourth-order valence-corrected chi connectivity index (χ4v) is 2.72. The molecule has 1 rings (SSSR count). The number of carbonyl (C=O) groups excluding carboxylic acids is 1. The quantitative estimate of drug-likeness (QED) is 0.714. The van der Waals surface area contributed by atoms with Gasteiger partial charge in [-0.2, -0.15) is 0 Å². The lowest BCUT2D eigenvalue weighted by molar-refractivity contribution is -0.144. The lowest BCUT2D eigenvalue weighted by atomic mass is 9.90. The maximum absolute atomic E-state index is 11.3. The lowest BCUT2D eigenvalue weighted by Gasteiger charge is -2.41. The molecule has 2 N–H and O–H groups in total. The minimum absolute atomic E-state index is 0.213. The van der Waals surface area contributed by atoms with E-state index in [4.69, 9.17) is 5.11 Å². The third-order valence-corrected chi connectivity index (χ3v) is 4.17. The van der Waals surface area contributed by atoms with E-state index < -0.39 is 12.0 Å². The largest absolute Gasteiger partial charge is 0.468 e. The van der Waals surface area contributed by atoms with E-state index >= 15 is 0 Å². The van der Waals surface area contributed by atoms with E-state index in [-0.39, 0.29) is 12.1 Å². The third-order valence-electron chi connectivity index (χ3n) is 4.17. The average molecular weight is 286 g/mol. The minimum atomic E-state index is -0.588. The molecule has 0 radical (unpaired) electrons. The van der Waals surface area contributed by atoms with Crippen molar-refractivity contribution in [3.05, 3.63) is 0 Å². The van der Waals surface area contributed by atoms with Gasteiger partial charge in [-0.1, -0.05) is 0 Å². The molecule has 0 amide bonds. The van der Waals surface area contributed by atoms with Crippen LogP contribution >= 0.6 is 0 Å². The molecule has 0 unspecified atom stereocenters. The first-order valence-corrected chi connectivity index (χ1v) is 7.55. The molecule has 0 saturated carbocycles. The summed E-state index contributed by atoms with van der Waals surface area (Å²) in [6, 6.07) is -0.588. The Morgan fingerprint density at radius 3 is 2.45 bits per heavy atom. The van der Waals surface area contributed by atoms with Gasteiger partial charge in [-0.05, 0) is 65.6 Å². The molecular formula is C15H30N2O3. The van der Waals surface area contributed by atoms with Crippen LogP contribution in [-0.2, 0) is 9.53 Å². The van der Waals surface area contributed by atoms with Gasteiger partial charge in [0.05, 0.1) is 13.7 Å². The second-order valence-corrected chi connectivity index (χ2v) is 6.60. The van der Waals surface area contributed by atoms with Gasteiger partial charge in [0.15, 0.2) is 0 Å². The summed E-state index contributed by atoms with van der Waals surface area (Å²) in [5, 5.41) is 12.2. The smallest absolute Gasteiger partial charge is 0.325 e. The summed E-state index contributed by atoms with van der Waals surface area (Å²) in [7, 11) is 1.34. The van der Waals surface area contributed by atoms with Crippen molar-refractivity contribution in [3.63, 3.8) is 0 Å². The first kappa shape index (κ1) is 17.4. The Hall–Kier alpha value is -0.650. The number of likely N-dealkylation sites (tertiary alicyclic amines) is 1. The highest BCUT2D eigenvalue weighted by atomic mass is 16.5. The van der Waals surface area contributed by atoms with E-state index in [2.05, 4.69) is 35.7 Å². The van der Waals surface area contributed by atoms with Crippen molar-refractivity contribution < 1.29 is 14.6 Å². The fourth-order valence-electron chi connectivity index (χ4n) is 2.72. The van der Waals surface area contributed by atoms with Crippen LogP contribution in [0.15, 0.2) is 0 Å². The van der Waals surface area contributed by atoms with Gasteiger partial charge in [-0.15, -0.1) is 0 Å². The average Bonchev–Trinajstić information content (AvgIpc) is 2.42. The van der Waals surface area contributed by atoms with Gasteiger partial charge in [0.2, 0.25) is 0 Å². The van der Waals surface area contributed by atoms with Crippen LogP contribution in [-0.4, -0.2) is 60.9 Å². The molecule has 1 fully saturated rings. The van der Waals surface area contributed by atoms with Crippen molar-refractivity contribution in [2.24, 2.45) is 5.92 Å². The van der Waals surface area contributed by atoms with E-state index in [1.807, 2.05) is 0 Å². The Morgan fingerprint density at radius 2 is 2.00 bits per heavy atom. The number of aliphatic hydroxyl groups is 1. The van der Waals surface area contributed by atoms with Crippen LogP contribution in [0.25, 0.3) is 0 Å². The summed E-state index contributed by atoms with van der Waals surface area (Å²) in [6.07, 6.45) is 3.47. The second kappa shape index (κ2) is 7.96. The van der Waals surface area contributed by atoms with Crippen molar-refractivity contribution in [2.75, 3.05) is 33.4 Å². The number of hydrogen-bond donors (Lipinski definition) is 2. The molecule has 0 aromatic heterocycles. The summed E-state index contributed by atoms with van der Waals surface area (Å²) < 4.78 is 4.63. The second-order valence-electron chi connectivity index (χ2n) is 6.60. The number of rotatable bonds is 6. The predicted octanol–water partition coefficient (Wildman–Crippen LogP) is 1.01. The van der Waals surface area contributed by atoms with Gasteiger partial charge in [0.25, 0.3) is 0 Å². The van der Waals surface area contributed by atoms with E-state index in [0.717, 1.165) is 26.1 Å². The molecule has 1 atom stereocenters. The number of aliphatic hydroxyl groups excluding tert-OH is 1. The highest BCUT2D eigenvalue weighted by Crippen LogP contribution is 2.25. The number of ether oxygens (including phenoxy) is 1. The molecule has 1 aliphatic heterocycles. The molecule has 0 aromatic carbocycles. The van der Waals surface area contributed by atoms with Crippen LogP contribution < -0.4 is 5.32 Å². The van der Waals surface area contributed by atoms with Crippen LogP contribution in [0.5, 0.6) is 0 Å². The highest BCUT2D eigenvalue weighted by molar-refractivity contribution is 5.75. The number of nitrogens with zero attached hydrogens (tertiary/aromatic N) is 1. The van der Waals surface area contributed by atoms with Gasteiger partial charge < -0.3 is 15.2 Å². The predicted molar refractivity (Wildman–Crippen MR) is 79.6 cm³/mol. The van der Waals surface area contributed by atoms with Crippen LogP contribution in [0.1, 0.15) is 40.0 Å². The normalized spacial score (nSPS) is 19.9. The number of methoxy groups -OCH3 is 1. The zero-order chi connectivity index (χ0) is 15.2. The van der Waals surface area contributed by atoms with Crippen molar-refractivity contribution in [3.8, 4) is 0 Å². The van der Waals surface area contributed by atoms with E-state index in [0.29, 0.717) is 5.92 Å². The van der Waals surface area contributed by atoms with Crippen LogP contribution in [0.3, 0.4) is 0 Å². The Balaban J connectivity index is 2.23. The molecule has 118 valence electrons. The molecule has 0 bridgehead atoms. The lowest BCUT2D eigenvalue weighted by Crippen LogP contribution is -2.46. The first-order chi connectivity index (χ1) is 9.38. The maximum atomic E-state index is 11.3. The standard InChI is InChI=1S/C15H30N2O3/c1-15(2,3)17-9-6-12(7-10-17)5-8-16-13(11-18)14(19)20-4/h12-13,16,18H,5-11H2,1-4H3/t13-/m0/s1. The zero-order valence-electron chi connectivity index (χ0n) is 13.3. The Bertz CT molecular complexity index is 294. The molecule has 5 heteroatoms. The summed E-state index contributed by atoms with van der Waals surface area (Å²) >= 11 is 0. The summed E-state index contributed by atoms with van der Waals surface area (Å²) in [5.41, 5.74) is 0.260. The van der Waals surface area contributed by atoms with E-state index in [1.54, 1.807) is 0 Å². The van der Waals surface area contributed by atoms with Crippen molar-refractivity contribution >= 4 is 5.97 Å². The van der Waals surface area contributed by atoms with Crippen LogP contribution in [0.4, 0.5) is 0 Å². The number of esters is 1. The van der Waals surface area contributed by atoms with E-state index in [1.165, 1.54) is 20.0 Å². The van der Waals surface area contributed by atoms with Crippen LogP contribution in [0.2, 0.25) is 0 Å². The van der Waals surface area contributed by atoms with Crippen molar-refractivity contribution in [1.82, 2.24) is 10.2 Å². The third kappa shape index (κ3) is 5.38. The molecule has 20 heavy (non-hydrogen) atoms. The molecule has 0 aromatic rings. The Labute approximate surface area is 122 Å². The molecule has 1 saturated heterocycles. The topological polar surface area (TPSA) is 61.8 Å². The Morgan fingerprint density at radius 1 is 1.40 bits per heavy atom. The van der Waals surface area contributed by atoms with Crippen LogP contribution in [0, 0.1) is 5.92 Å². The molecule has 1 aliphatic rings. The SMILES string of the molecule is COC(=O)[C@H](CO)NCCC1CCN(C(C)(C)C)CC1. The molecule has 5 nitrogen and oxygen atoms in total. The van der Waals surface area contributed by atoms with Gasteiger partial charge in [0.1, 0.15) is 6.04 Å². The molecular weight excluding hydrogens is 256 g/mol. The number of piperidine rings is 1. The Kier molecular flexibility index (Phi) is 6.92. The fraction of sp³-hybridized carbons (Fsp3) is 0.933. The number of carbonyl (C=O) groups is 1. The van der Waals surface area contributed by atoms with Gasteiger partial charge >= 0.3 is 5.97 Å². The zero-order valence-corrected chi connectivity index (χ0v) is 13.3. The van der Waals surface area contributed by atoms with Gasteiger partial charge in [-0.25, -0.2) is 0 Å². The first-order valence-electron chi connectivity index (χ1n) is 7.55. The molecule has 1 heterocycles. The number of nitrogens with one attached hydrogen (secondary N) is 1. The van der Waals surface area contributed by atoms with E-state index in [9.17, 15) is 4.79 Å². The number of hydrogen-bond acceptors (Lipinski definition) is 5. The van der Waals surface area contributed by atoms with Gasteiger partial charge in [0, 0.05) is 5.54 Å². The summed E-state index contributed by atoms with van der Waals surface area (Å²) in [5.74, 6) is 0.313. The van der Waals surface area contributed by atoms with Crippen molar-refractivity contribution in [2.45, 2.75) is 51.6 Å².